The number of aryl methyl sites for hydroxylation is 1. The number of hydrogen-bond acceptors (Lipinski definition) is 4. The van der Waals surface area contributed by atoms with E-state index in [0.717, 1.165) is 16.9 Å². The zero-order chi connectivity index (χ0) is 10.7. The molecular weight excluding hydrogens is 192 g/mol. The summed E-state index contributed by atoms with van der Waals surface area (Å²) in [5.74, 6) is 0.788. The summed E-state index contributed by atoms with van der Waals surface area (Å²) in [7, 11) is 0. The molecule has 1 aromatic heterocycles. The molecule has 78 valence electrons. The normalized spacial score (nSPS) is 10.2. The number of ether oxygens (including phenoxy) is 1. The first-order valence-electron chi connectivity index (χ1n) is 4.63. The van der Waals surface area contributed by atoms with Crippen molar-refractivity contribution in [1.82, 2.24) is 5.16 Å². The highest BCUT2D eigenvalue weighted by molar-refractivity contribution is 5.47. The maximum atomic E-state index is 5.67. The maximum absolute atomic E-state index is 5.67. The van der Waals surface area contributed by atoms with Crippen molar-refractivity contribution in [3.8, 4) is 5.75 Å². The van der Waals surface area contributed by atoms with Gasteiger partial charge in [0.2, 0.25) is 0 Å². The number of hydrogen-bond donors (Lipinski definition) is 1. The molecule has 1 aromatic carbocycles. The van der Waals surface area contributed by atoms with Crippen molar-refractivity contribution in [3.05, 3.63) is 41.8 Å². The molecule has 0 saturated heterocycles. The van der Waals surface area contributed by atoms with Crippen molar-refractivity contribution in [2.75, 3.05) is 5.73 Å². The average molecular weight is 204 g/mol. The fraction of sp³-hybridized carbons (Fsp3) is 0.182. The lowest BCUT2D eigenvalue weighted by molar-refractivity contribution is 0.302. The van der Waals surface area contributed by atoms with Crippen molar-refractivity contribution in [3.63, 3.8) is 0 Å². The largest absolute Gasteiger partial charge is 0.488 e. The molecule has 4 heteroatoms. The van der Waals surface area contributed by atoms with Gasteiger partial charge in [-0.3, -0.25) is 0 Å². The Kier molecular flexibility index (Phi) is 2.58. The zero-order valence-corrected chi connectivity index (χ0v) is 8.43. The second kappa shape index (κ2) is 4.04. The van der Waals surface area contributed by atoms with Crippen LogP contribution in [0.2, 0.25) is 0 Å². The molecule has 0 atom stereocenters. The number of benzene rings is 1. The molecular formula is C11H12N2O2. The van der Waals surface area contributed by atoms with Gasteiger partial charge in [-0.1, -0.05) is 11.2 Å². The Morgan fingerprint density at radius 3 is 3.07 bits per heavy atom. The SMILES string of the molecule is Cc1ccc(N)cc1OCc1cnoc1. The van der Waals surface area contributed by atoms with Gasteiger partial charge in [-0.15, -0.1) is 0 Å². The van der Waals surface area contributed by atoms with Crippen LogP contribution < -0.4 is 10.5 Å². The van der Waals surface area contributed by atoms with Gasteiger partial charge in [-0.25, -0.2) is 0 Å². The zero-order valence-electron chi connectivity index (χ0n) is 8.43. The van der Waals surface area contributed by atoms with Crippen LogP contribution in [0.25, 0.3) is 0 Å². The molecule has 2 N–H and O–H groups in total. The molecule has 0 aliphatic carbocycles. The van der Waals surface area contributed by atoms with E-state index < -0.39 is 0 Å². The predicted octanol–water partition coefficient (Wildman–Crippen LogP) is 2.14. The van der Waals surface area contributed by atoms with E-state index >= 15 is 0 Å². The van der Waals surface area contributed by atoms with Gasteiger partial charge < -0.3 is 15.0 Å². The average Bonchev–Trinajstić information content (AvgIpc) is 2.72. The molecule has 15 heavy (non-hydrogen) atoms. The molecule has 0 amide bonds. The highest BCUT2D eigenvalue weighted by Gasteiger charge is 2.01. The van der Waals surface area contributed by atoms with Crippen molar-refractivity contribution in [2.45, 2.75) is 13.5 Å². The first-order chi connectivity index (χ1) is 7.25. The minimum Gasteiger partial charge on any atom is -0.488 e. The van der Waals surface area contributed by atoms with Gasteiger partial charge in [0.1, 0.15) is 18.6 Å². The Morgan fingerprint density at radius 2 is 2.33 bits per heavy atom. The third-order valence-electron chi connectivity index (χ3n) is 2.09. The number of aromatic nitrogens is 1. The summed E-state index contributed by atoms with van der Waals surface area (Å²) in [4.78, 5) is 0. The third-order valence-corrected chi connectivity index (χ3v) is 2.09. The molecule has 2 aromatic rings. The highest BCUT2D eigenvalue weighted by atomic mass is 16.5. The van der Waals surface area contributed by atoms with Gasteiger partial charge in [-0.2, -0.15) is 0 Å². The van der Waals surface area contributed by atoms with E-state index in [9.17, 15) is 0 Å². The van der Waals surface area contributed by atoms with Gasteiger partial charge >= 0.3 is 0 Å². The van der Waals surface area contributed by atoms with E-state index in [1.807, 2.05) is 25.1 Å². The van der Waals surface area contributed by atoms with Crippen LogP contribution in [0.1, 0.15) is 11.1 Å². The molecule has 2 rings (SSSR count). The topological polar surface area (TPSA) is 61.3 Å². The highest BCUT2D eigenvalue weighted by Crippen LogP contribution is 2.21. The third kappa shape index (κ3) is 2.28. The van der Waals surface area contributed by atoms with Gasteiger partial charge in [0.05, 0.1) is 6.20 Å². The van der Waals surface area contributed by atoms with Crippen LogP contribution in [-0.2, 0) is 6.61 Å². The number of nitrogen functional groups attached to an aromatic ring is 1. The molecule has 0 fully saturated rings. The molecule has 0 unspecified atom stereocenters. The summed E-state index contributed by atoms with van der Waals surface area (Å²) in [6.45, 7) is 2.41. The van der Waals surface area contributed by atoms with Crippen molar-refractivity contribution >= 4 is 5.69 Å². The molecule has 4 nitrogen and oxygen atoms in total. The van der Waals surface area contributed by atoms with Gasteiger partial charge in [0, 0.05) is 17.3 Å². The maximum Gasteiger partial charge on any atom is 0.130 e. The molecule has 1 heterocycles. The summed E-state index contributed by atoms with van der Waals surface area (Å²) >= 11 is 0. The summed E-state index contributed by atoms with van der Waals surface area (Å²) in [5, 5.41) is 3.59. The van der Waals surface area contributed by atoms with E-state index in [1.165, 1.54) is 0 Å². The van der Waals surface area contributed by atoms with Crippen LogP contribution in [0.5, 0.6) is 5.75 Å². The number of rotatable bonds is 3. The fourth-order valence-electron chi connectivity index (χ4n) is 1.23. The molecule has 0 saturated carbocycles. The number of anilines is 1. The lowest BCUT2D eigenvalue weighted by Crippen LogP contribution is -1.96. The first-order valence-corrected chi connectivity index (χ1v) is 4.63. The summed E-state index contributed by atoms with van der Waals surface area (Å²) < 4.78 is 10.3. The lowest BCUT2D eigenvalue weighted by Gasteiger charge is -2.08. The van der Waals surface area contributed by atoms with E-state index in [0.29, 0.717) is 12.3 Å². The van der Waals surface area contributed by atoms with Crippen LogP contribution in [0, 0.1) is 6.92 Å². The van der Waals surface area contributed by atoms with Gasteiger partial charge in [0.25, 0.3) is 0 Å². The molecule has 0 aliphatic heterocycles. The number of nitrogens with zero attached hydrogens (tertiary/aromatic N) is 1. The fourth-order valence-corrected chi connectivity index (χ4v) is 1.23. The second-order valence-corrected chi connectivity index (χ2v) is 3.35. The van der Waals surface area contributed by atoms with Crippen LogP contribution in [0.3, 0.4) is 0 Å². The number of nitrogens with two attached hydrogens (primary N) is 1. The predicted molar refractivity (Wildman–Crippen MR) is 56.4 cm³/mol. The van der Waals surface area contributed by atoms with E-state index in [1.54, 1.807) is 12.5 Å². The lowest BCUT2D eigenvalue weighted by atomic mass is 10.2. The first kappa shape index (κ1) is 9.58. The van der Waals surface area contributed by atoms with Crippen LogP contribution in [0.4, 0.5) is 5.69 Å². The van der Waals surface area contributed by atoms with Crippen LogP contribution in [-0.4, -0.2) is 5.16 Å². The van der Waals surface area contributed by atoms with Crippen molar-refractivity contribution in [1.29, 1.82) is 0 Å². The second-order valence-electron chi connectivity index (χ2n) is 3.35. The molecule has 0 radical (unpaired) electrons. The summed E-state index contributed by atoms with van der Waals surface area (Å²) in [5.41, 5.74) is 8.32. The monoisotopic (exact) mass is 204 g/mol. The summed E-state index contributed by atoms with van der Waals surface area (Å²) in [6, 6.07) is 5.59. The smallest absolute Gasteiger partial charge is 0.130 e. The van der Waals surface area contributed by atoms with Crippen molar-refractivity contribution < 1.29 is 9.26 Å². The minimum absolute atomic E-state index is 0.438. The standard InChI is InChI=1S/C11H12N2O2/c1-8-2-3-10(12)4-11(8)14-6-9-5-13-15-7-9/h2-5,7H,6,12H2,1H3. The van der Waals surface area contributed by atoms with Gasteiger partial charge in [-0.05, 0) is 18.6 Å². The minimum atomic E-state index is 0.438. The van der Waals surface area contributed by atoms with Crippen LogP contribution >= 0.6 is 0 Å². The van der Waals surface area contributed by atoms with E-state index in [-0.39, 0.29) is 0 Å². The van der Waals surface area contributed by atoms with Crippen molar-refractivity contribution in [2.24, 2.45) is 0 Å². The van der Waals surface area contributed by atoms with E-state index in [4.69, 9.17) is 15.0 Å². The summed E-state index contributed by atoms with van der Waals surface area (Å²) in [6.07, 6.45) is 3.18. The Hall–Kier alpha value is -1.97. The van der Waals surface area contributed by atoms with Crippen LogP contribution in [0.15, 0.2) is 35.2 Å². The van der Waals surface area contributed by atoms with Gasteiger partial charge in [0.15, 0.2) is 0 Å². The van der Waals surface area contributed by atoms with E-state index in [2.05, 4.69) is 5.16 Å². The molecule has 0 spiro atoms. The Balaban J connectivity index is 2.07. The Labute approximate surface area is 87.6 Å². The molecule has 0 bridgehead atoms. The Bertz CT molecular complexity index is 438. The Morgan fingerprint density at radius 1 is 1.47 bits per heavy atom. The molecule has 0 aliphatic rings. The quantitative estimate of drug-likeness (QED) is 0.778.